The number of aryl methyl sites for hydroxylation is 1. The third kappa shape index (κ3) is 2.65. The lowest BCUT2D eigenvalue weighted by atomic mass is 10.2. The maximum atomic E-state index is 10.8. The standard InChI is InChI=1S/C9H13N3O2S2/c1-6-10-11-9(16-6)12-2-3-15-5-7(12)4-8(13)14/h7H,2-5H2,1H3,(H,13,14). The molecule has 1 aliphatic rings. The van der Waals surface area contributed by atoms with Crippen LogP contribution in [0.25, 0.3) is 0 Å². The molecule has 1 aromatic heterocycles. The highest BCUT2D eigenvalue weighted by atomic mass is 32.2. The van der Waals surface area contributed by atoms with Crippen LogP contribution >= 0.6 is 23.1 Å². The number of nitrogens with zero attached hydrogens (tertiary/aromatic N) is 3. The first-order valence-electron chi connectivity index (χ1n) is 5.03. The molecule has 1 unspecified atom stereocenters. The van der Waals surface area contributed by atoms with Crippen molar-refractivity contribution in [2.75, 3.05) is 23.0 Å². The smallest absolute Gasteiger partial charge is 0.305 e. The number of hydrogen-bond acceptors (Lipinski definition) is 6. The van der Waals surface area contributed by atoms with Gasteiger partial charge in [-0.2, -0.15) is 11.8 Å². The molecule has 7 heteroatoms. The predicted molar refractivity (Wildman–Crippen MR) is 65.4 cm³/mol. The molecular weight excluding hydrogens is 246 g/mol. The molecule has 0 bridgehead atoms. The summed E-state index contributed by atoms with van der Waals surface area (Å²) in [7, 11) is 0. The van der Waals surface area contributed by atoms with Crippen LogP contribution in [0.2, 0.25) is 0 Å². The SMILES string of the molecule is Cc1nnc(N2CCSCC2CC(=O)O)s1. The van der Waals surface area contributed by atoms with Gasteiger partial charge in [0.2, 0.25) is 5.13 Å². The molecule has 1 N–H and O–H groups in total. The van der Waals surface area contributed by atoms with Crippen LogP contribution in [-0.4, -0.2) is 45.4 Å². The van der Waals surface area contributed by atoms with Crippen LogP contribution in [-0.2, 0) is 4.79 Å². The Balaban J connectivity index is 2.12. The van der Waals surface area contributed by atoms with Crippen LogP contribution in [0.1, 0.15) is 11.4 Å². The van der Waals surface area contributed by atoms with Gasteiger partial charge in [-0.1, -0.05) is 11.3 Å². The average Bonchev–Trinajstić information content (AvgIpc) is 2.65. The van der Waals surface area contributed by atoms with E-state index in [1.54, 1.807) is 11.8 Å². The Morgan fingerprint density at radius 2 is 2.44 bits per heavy atom. The second-order valence-corrected chi connectivity index (χ2v) is 5.93. The molecule has 1 atom stereocenters. The highest BCUT2D eigenvalue weighted by Gasteiger charge is 2.27. The Bertz CT molecular complexity index is 383. The van der Waals surface area contributed by atoms with Gasteiger partial charge in [0.05, 0.1) is 12.5 Å². The molecule has 0 amide bonds. The van der Waals surface area contributed by atoms with E-state index in [1.807, 2.05) is 6.92 Å². The minimum absolute atomic E-state index is 0.0450. The van der Waals surface area contributed by atoms with Gasteiger partial charge < -0.3 is 10.0 Å². The molecule has 0 radical (unpaired) electrons. The van der Waals surface area contributed by atoms with E-state index in [1.165, 1.54) is 11.3 Å². The van der Waals surface area contributed by atoms with E-state index in [0.29, 0.717) is 0 Å². The van der Waals surface area contributed by atoms with Crippen molar-refractivity contribution in [3.05, 3.63) is 5.01 Å². The normalized spacial score (nSPS) is 21.1. The molecule has 0 aliphatic carbocycles. The van der Waals surface area contributed by atoms with Gasteiger partial charge in [-0.15, -0.1) is 10.2 Å². The van der Waals surface area contributed by atoms with Crippen molar-refractivity contribution in [2.24, 2.45) is 0 Å². The van der Waals surface area contributed by atoms with Gasteiger partial charge in [-0.05, 0) is 6.92 Å². The maximum Gasteiger partial charge on any atom is 0.305 e. The Morgan fingerprint density at radius 1 is 1.62 bits per heavy atom. The molecule has 16 heavy (non-hydrogen) atoms. The van der Waals surface area contributed by atoms with Crippen molar-refractivity contribution in [2.45, 2.75) is 19.4 Å². The quantitative estimate of drug-likeness (QED) is 0.881. The summed E-state index contributed by atoms with van der Waals surface area (Å²) in [6.07, 6.45) is 0.172. The van der Waals surface area contributed by atoms with Crippen LogP contribution in [0, 0.1) is 6.92 Å². The summed E-state index contributed by atoms with van der Waals surface area (Å²) in [6.45, 7) is 2.77. The summed E-state index contributed by atoms with van der Waals surface area (Å²) in [6, 6.07) is 0.0450. The molecule has 88 valence electrons. The Hall–Kier alpha value is -0.820. The molecule has 0 aromatic carbocycles. The van der Waals surface area contributed by atoms with E-state index in [-0.39, 0.29) is 12.5 Å². The first-order valence-corrected chi connectivity index (χ1v) is 7.00. The lowest BCUT2D eigenvalue weighted by Crippen LogP contribution is -2.43. The van der Waals surface area contributed by atoms with E-state index in [0.717, 1.165) is 28.2 Å². The first kappa shape index (κ1) is 11.7. The van der Waals surface area contributed by atoms with Gasteiger partial charge in [-0.3, -0.25) is 4.79 Å². The molecule has 1 aliphatic heterocycles. The van der Waals surface area contributed by atoms with E-state index >= 15 is 0 Å². The summed E-state index contributed by atoms with van der Waals surface area (Å²) in [5.74, 6) is 1.12. The molecular formula is C9H13N3O2S2. The maximum absolute atomic E-state index is 10.8. The van der Waals surface area contributed by atoms with Gasteiger partial charge in [-0.25, -0.2) is 0 Å². The summed E-state index contributed by atoms with van der Waals surface area (Å²) >= 11 is 3.33. The fourth-order valence-corrected chi connectivity index (χ4v) is 3.53. The fraction of sp³-hybridized carbons (Fsp3) is 0.667. The van der Waals surface area contributed by atoms with E-state index < -0.39 is 5.97 Å². The minimum atomic E-state index is -0.751. The van der Waals surface area contributed by atoms with Gasteiger partial charge in [0.1, 0.15) is 5.01 Å². The predicted octanol–water partition coefficient (Wildman–Crippen LogP) is 1.24. The summed E-state index contributed by atoms with van der Waals surface area (Å²) in [4.78, 5) is 12.9. The molecule has 0 spiro atoms. The minimum Gasteiger partial charge on any atom is -0.481 e. The number of thioether (sulfide) groups is 1. The topological polar surface area (TPSA) is 66.3 Å². The van der Waals surface area contributed by atoms with E-state index in [2.05, 4.69) is 15.1 Å². The van der Waals surface area contributed by atoms with Gasteiger partial charge >= 0.3 is 5.97 Å². The zero-order valence-electron chi connectivity index (χ0n) is 8.92. The third-order valence-corrected chi connectivity index (χ3v) is 4.37. The number of aliphatic carboxylic acids is 1. The molecule has 1 fully saturated rings. The van der Waals surface area contributed by atoms with Gasteiger partial charge in [0, 0.05) is 18.1 Å². The lowest BCUT2D eigenvalue weighted by molar-refractivity contribution is -0.137. The number of anilines is 1. The average molecular weight is 259 g/mol. The number of carboxylic acid groups (broad SMARTS) is 1. The van der Waals surface area contributed by atoms with Gasteiger partial charge in [0.25, 0.3) is 0 Å². The van der Waals surface area contributed by atoms with Crippen molar-refractivity contribution in [1.82, 2.24) is 10.2 Å². The molecule has 0 saturated carbocycles. The zero-order chi connectivity index (χ0) is 11.5. The molecule has 2 heterocycles. The molecule has 2 rings (SSSR count). The van der Waals surface area contributed by atoms with E-state index in [4.69, 9.17) is 5.11 Å². The number of aromatic nitrogens is 2. The summed E-state index contributed by atoms with van der Waals surface area (Å²) in [5.41, 5.74) is 0. The number of carboxylic acids is 1. The molecule has 1 saturated heterocycles. The number of rotatable bonds is 3. The fourth-order valence-electron chi connectivity index (χ4n) is 1.68. The Labute approximate surface area is 102 Å². The van der Waals surface area contributed by atoms with Crippen molar-refractivity contribution < 1.29 is 9.90 Å². The van der Waals surface area contributed by atoms with Crippen molar-refractivity contribution in [3.63, 3.8) is 0 Å². The second kappa shape index (κ2) is 5.01. The highest BCUT2D eigenvalue weighted by Crippen LogP contribution is 2.27. The van der Waals surface area contributed by atoms with Crippen LogP contribution in [0.5, 0.6) is 0 Å². The first-order chi connectivity index (χ1) is 7.66. The van der Waals surface area contributed by atoms with E-state index in [9.17, 15) is 4.79 Å². The van der Waals surface area contributed by atoms with Crippen LogP contribution in [0.4, 0.5) is 5.13 Å². The number of hydrogen-bond donors (Lipinski definition) is 1. The van der Waals surface area contributed by atoms with Gasteiger partial charge in [0.15, 0.2) is 0 Å². The largest absolute Gasteiger partial charge is 0.481 e. The third-order valence-electron chi connectivity index (χ3n) is 2.40. The van der Waals surface area contributed by atoms with Crippen molar-refractivity contribution >= 4 is 34.2 Å². The number of carbonyl (C=O) groups is 1. The van der Waals surface area contributed by atoms with Crippen LogP contribution in [0.3, 0.4) is 0 Å². The molecule has 5 nitrogen and oxygen atoms in total. The second-order valence-electron chi connectivity index (χ2n) is 3.62. The summed E-state index contributed by atoms with van der Waals surface area (Å²) < 4.78 is 0. The van der Waals surface area contributed by atoms with Crippen LogP contribution in [0.15, 0.2) is 0 Å². The van der Waals surface area contributed by atoms with Crippen LogP contribution < -0.4 is 4.90 Å². The summed E-state index contributed by atoms with van der Waals surface area (Å²) in [5, 5.41) is 18.7. The zero-order valence-corrected chi connectivity index (χ0v) is 10.6. The lowest BCUT2D eigenvalue weighted by Gasteiger charge is -2.33. The van der Waals surface area contributed by atoms with Crippen molar-refractivity contribution in [3.8, 4) is 0 Å². The Morgan fingerprint density at radius 3 is 3.06 bits per heavy atom. The highest BCUT2D eigenvalue weighted by molar-refractivity contribution is 7.99. The Kier molecular flexibility index (Phi) is 3.65. The van der Waals surface area contributed by atoms with Crippen molar-refractivity contribution in [1.29, 1.82) is 0 Å². The monoisotopic (exact) mass is 259 g/mol. The molecule has 1 aromatic rings.